The summed E-state index contributed by atoms with van der Waals surface area (Å²) in [6.07, 6.45) is 8.64. The van der Waals surface area contributed by atoms with Crippen LogP contribution >= 0.6 is 0 Å². The zero-order valence-electron chi connectivity index (χ0n) is 16.8. The number of rotatable bonds is 6. The molecule has 1 aromatic rings. The second-order valence-corrected chi connectivity index (χ2v) is 8.19. The normalized spacial score (nSPS) is 24.4. The fourth-order valence-corrected chi connectivity index (χ4v) is 4.63. The van der Waals surface area contributed by atoms with E-state index in [0.29, 0.717) is 24.5 Å². The molecule has 2 saturated heterocycles. The van der Waals surface area contributed by atoms with Crippen LogP contribution < -0.4 is 14.8 Å². The zero-order valence-corrected chi connectivity index (χ0v) is 16.8. The van der Waals surface area contributed by atoms with Crippen molar-refractivity contribution in [3.05, 3.63) is 23.8 Å². The minimum atomic E-state index is -0.0924. The second-order valence-electron chi connectivity index (χ2n) is 8.19. The Labute approximate surface area is 167 Å². The van der Waals surface area contributed by atoms with Crippen molar-refractivity contribution in [3.8, 4) is 11.5 Å². The van der Waals surface area contributed by atoms with Gasteiger partial charge in [-0.2, -0.15) is 0 Å². The third kappa shape index (κ3) is 4.61. The number of amides is 1. The zero-order chi connectivity index (χ0) is 19.3. The van der Waals surface area contributed by atoms with Crippen LogP contribution in [0.15, 0.2) is 18.2 Å². The summed E-state index contributed by atoms with van der Waals surface area (Å²) in [6.45, 7) is 3.52. The minimum absolute atomic E-state index is 0.0924. The van der Waals surface area contributed by atoms with E-state index in [4.69, 9.17) is 14.2 Å². The second kappa shape index (κ2) is 9.14. The number of hydrogen-bond acceptors (Lipinski definition) is 5. The SMILES string of the molecule is COc1cc(C(=O)N[C@H]2CCOC2)ccc1OC1CCN(C2CCCC2)CC1. The molecular weight excluding hydrogens is 356 g/mol. The average Bonchev–Trinajstić information content (AvgIpc) is 3.43. The van der Waals surface area contributed by atoms with Gasteiger partial charge < -0.3 is 24.4 Å². The number of likely N-dealkylation sites (tertiary alicyclic amines) is 1. The first-order valence-electron chi connectivity index (χ1n) is 10.7. The molecule has 1 N–H and O–H groups in total. The van der Waals surface area contributed by atoms with E-state index in [-0.39, 0.29) is 18.1 Å². The molecule has 4 rings (SSSR count). The highest BCUT2D eigenvalue weighted by atomic mass is 16.5. The molecule has 1 saturated carbocycles. The number of piperidine rings is 1. The Kier molecular flexibility index (Phi) is 6.37. The maximum absolute atomic E-state index is 12.5. The molecule has 28 heavy (non-hydrogen) atoms. The summed E-state index contributed by atoms with van der Waals surface area (Å²) in [5.74, 6) is 1.25. The van der Waals surface area contributed by atoms with Crippen molar-refractivity contribution in [1.29, 1.82) is 0 Å². The van der Waals surface area contributed by atoms with Crippen molar-refractivity contribution >= 4 is 5.91 Å². The lowest BCUT2D eigenvalue weighted by molar-refractivity contribution is 0.0750. The van der Waals surface area contributed by atoms with E-state index in [9.17, 15) is 4.79 Å². The van der Waals surface area contributed by atoms with E-state index in [1.807, 2.05) is 12.1 Å². The third-order valence-electron chi connectivity index (χ3n) is 6.30. The molecule has 6 nitrogen and oxygen atoms in total. The van der Waals surface area contributed by atoms with Gasteiger partial charge in [-0.25, -0.2) is 0 Å². The molecule has 1 atom stereocenters. The van der Waals surface area contributed by atoms with Crippen molar-refractivity contribution in [1.82, 2.24) is 10.2 Å². The summed E-state index contributed by atoms with van der Waals surface area (Å²) in [5, 5.41) is 3.01. The van der Waals surface area contributed by atoms with E-state index in [1.54, 1.807) is 13.2 Å². The molecule has 2 heterocycles. The summed E-state index contributed by atoms with van der Waals surface area (Å²) in [6, 6.07) is 6.34. The van der Waals surface area contributed by atoms with Gasteiger partial charge in [-0.15, -0.1) is 0 Å². The fourth-order valence-electron chi connectivity index (χ4n) is 4.63. The first-order chi connectivity index (χ1) is 13.7. The van der Waals surface area contributed by atoms with Crippen molar-refractivity contribution < 1.29 is 19.0 Å². The monoisotopic (exact) mass is 388 g/mol. The van der Waals surface area contributed by atoms with Crippen molar-refractivity contribution in [2.75, 3.05) is 33.4 Å². The number of nitrogens with zero attached hydrogens (tertiary/aromatic N) is 1. The quantitative estimate of drug-likeness (QED) is 0.812. The first-order valence-corrected chi connectivity index (χ1v) is 10.7. The van der Waals surface area contributed by atoms with Crippen LogP contribution in [0.1, 0.15) is 55.3 Å². The minimum Gasteiger partial charge on any atom is -0.493 e. The predicted molar refractivity (Wildman–Crippen MR) is 107 cm³/mol. The molecule has 1 aliphatic carbocycles. The van der Waals surface area contributed by atoms with Gasteiger partial charge in [0.2, 0.25) is 0 Å². The largest absolute Gasteiger partial charge is 0.493 e. The van der Waals surface area contributed by atoms with E-state index in [1.165, 1.54) is 25.7 Å². The number of carbonyl (C=O) groups excluding carboxylic acids is 1. The van der Waals surface area contributed by atoms with E-state index in [0.717, 1.165) is 44.1 Å². The maximum Gasteiger partial charge on any atom is 0.251 e. The highest BCUT2D eigenvalue weighted by molar-refractivity contribution is 5.95. The summed E-state index contributed by atoms with van der Waals surface area (Å²) >= 11 is 0. The molecule has 0 unspecified atom stereocenters. The van der Waals surface area contributed by atoms with Gasteiger partial charge in [0, 0.05) is 31.3 Å². The van der Waals surface area contributed by atoms with E-state index < -0.39 is 0 Å². The van der Waals surface area contributed by atoms with Crippen LogP contribution in [0, 0.1) is 0 Å². The van der Waals surface area contributed by atoms with Crippen LogP contribution in [0.2, 0.25) is 0 Å². The Hall–Kier alpha value is -1.79. The Morgan fingerprint density at radius 2 is 1.89 bits per heavy atom. The number of ether oxygens (including phenoxy) is 3. The van der Waals surface area contributed by atoms with Crippen LogP contribution in [0.3, 0.4) is 0 Å². The van der Waals surface area contributed by atoms with Gasteiger partial charge in [0.25, 0.3) is 5.91 Å². The molecule has 6 heteroatoms. The Bertz CT molecular complexity index is 661. The third-order valence-corrected chi connectivity index (χ3v) is 6.30. The topological polar surface area (TPSA) is 60.0 Å². The van der Waals surface area contributed by atoms with Gasteiger partial charge in [0.05, 0.1) is 19.8 Å². The molecule has 0 aromatic heterocycles. The number of methoxy groups -OCH3 is 1. The van der Waals surface area contributed by atoms with Gasteiger partial charge >= 0.3 is 0 Å². The average molecular weight is 389 g/mol. The molecule has 0 radical (unpaired) electrons. The lowest BCUT2D eigenvalue weighted by atomic mass is 10.0. The van der Waals surface area contributed by atoms with Gasteiger partial charge in [0.15, 0.2) is 11.5 Å². The molecule has 1 amide bonds. The Morgan fingerprint density at radius 3 is 2.57 bits per heavy atom. The summed E-state index contributed by atoms with van der Waals surface area (Å²) < 4.78 is 17.1. The number of benzene rings is 1. The van der Waals surface area contributed by atoms with E-state index in [2.05, 4.69) is 10.2 Å². The van der Waals surface area contributed by atoms with Crippen LogP contribution in [-0.2, 0) is 4.74 Å². The lowest BCUT2D eigenvalue weighted by Crippen LogP contribution is -2.43. The van der Waals surface area contributed by atoms with Gasteiger partial charge in [-0.1, -0.05) is 12.8 Å². The van der Waals surface area contributed by atoms with Crippen LogP contribution in [-0.4, -0.2) is 62.4 Å². The fraction of sp³-hybridized carbons (Fsp3) is 0.682. The molecule has 3 fully saturated rings. The van der Waals surface area contributed by atoms with Crippen molar-refractivity contribution in [3.63, 3.8) is 0 Å². The predicted octanol–water partition coefficient (Wildman–Crippen LogP) is 3.00. The molecular formula is C22H32N2O4. The standard InChI is InChI=1S/C22H32N2O4/c1-26-21-14-16(22(25)23-17-10-13-27-15-17)6-7-20(21)28-19-8-11-24(12-9-19)18-4-2-3-5-18/h6-7,14,17-19H,2-5,8-13,15H2,1H3,(H,23,25)/t17-/m0/s1. The number of nitrogens with one attached hydrogen (secondary N) is 1. The molecule has 0 bridgehead atoms. The summed E-state index contributed by atoms with van der Waals surface area (Å²) in [5.41, 5.74) is 0.590. The van der Waals surface area contributed by atoms with Crippen molar-refractivity contribution in [2.45, 2.75) is 63.1 Å². The number of carbonyl (C=O) groups is 1. The molecule has 2 aliphatic heterocycles. The highest BCUT2D eigenvalue weighted by Crippen LogP contribution is 2.32. The Balaban J connectivity index is 1.33. The summed E-state index contributed by atoms with van der Waals surface area (Å²) in [7, 11) is 1.62. The highest BCUT2D eigenvalue weighted by Gasteiger charge is 2.28. The molecule has 3 aliphatic rings. The lowest BCUT2D eigenvalue weighted by Gasteiger charge is -2.36. The Morgan fingerprint density at radius 1 is 1.11 bits per heavy atom. The smallest absolute Gasteiger partial charge is 0.251 e. The van der Waals surface area contributed by atoms with Crippen molar-refractivity contribution in [2.24, 2.45) is 0 Å². The first kappa shape index (κ1) is 19.5. The van der Waals surface area contributed by atoms with Crippen LogP contribution in [0.25, 0.3) is 0 Å². The molecule has 0 spiro atoms. The van der Waals surface area contributed by atoms with Gasteiger partial charge in [0.1, 0.15) is 6.10 Å². The summed E-state index contributed by atoms with van der Waals surface area (Å²) in [4.78, 5) is 15.1. The maximum atomic E-state index is 12.5. The van der Waals surface area contributed by atoms with Crippen LogP contribution in [0.4, 0.5) is 0 Å². The molecule has 1 aromatic carbocycles. The number of hydrogen-bond donors (Lipinski definition) is 1. The molecule has 154 valence electrons. The van der Waals surface area contributed by atoms with Crippen LogP contribution in [0.5, 0.6) is 11.5 Å². The van der Waals surface area contributed by atoms with Gasteiger partial charge in [-0.05, 0) is 50.3 Å². The van der Waals surface area contributed by atoms with Gasteiger partial charge in [-0.3, -0.25) is 4.79 Å². The van der Waals surface area contributed by atoms with E-state index >= 15 is 0 Å².